The highest BCUT2D eigenvalue weighted by Gasteiger charge is 2.20. The summed E-state index contributed by atoms with van der Waals surface area (Å²) in [5.41, 5.74) is 0. The molecule has 1 aliphatic rings. The number of piperazine rings is 1. The summed E-state index contributed by atoms with van der Waals surface area (Å²) in [6, 6.07) is 0. The largest absolute Gasteiger partial charge is 0.314 e. The molecule has 1 aliphatic heterocycles. The summed E-state index contributed by atoms with van der Waals surface area (Å²) in [6.45, 7) is 8.96. The predicted octanol–water partition coefficient (Wildman–Crippen LogP) is -0.0474. The standard InChI is InChI=1S/C11H25N3O2S2/c1-11(2,17-3)10-13-18(15,16)9-8-14-6-4-12-5-7-14/h12-13H,4-10H2,1-3H3. The maximum atomic E-state index is 11.9. The molecule has 0 amide bonds. The van der Waals surface area contributed by atoms with E-state index in [1.165, 1.54) is 0 Å². The molecule has 0 aromatic heterocycles. The zero-order valence-electron chi connectivity index (χ0n) is 11.5. The molecule has 1 saturated heterocycles. The highest BCUT2D eigenvalue weighted by molar-refractivity contribution is 8.00. The molecule has 1 fully saturated rings. The van der Waals surface area contributed by atoms with E-state index in [9.17, 15) is 8.42 Å². The first-order chi connectivity index (χ1) is 8.35. The molecule has 0 aliphatic carbocycles. The molecule has 1 heterocycles. The van der Waals surface area contributed by atoms with Crippen LogP contribution in [0.5, 0.6) is 0 Å². The first-order valence-electron chi connectivity index (χ1n) is 6.30. The van der Waals surface area contributed by atoms with Crippen molar-refractivity contribution in [3.8, 4) is 0 Å². The van der Waals surface area contributed by atoms with E-state index in [2.05, 4.69) is 14.9 Å². The van der Waals surface area contributed by atoms with Gasteiger partial charge in [-0.1, -0.05) is 0 Å². The fourth-order valence-electron chi connectivity index (χ4n) is 1.61. The molecule has 18 heavy (non-hydrogen) atoms. The highest BCUT2D eigenvalue weighted by atomic mass is 32.2. The number of nitrogens with one attached hydrogen (secondary N) is 2. The lowest BCUT2D eigenvalue weighted by Gasteiger charge is -2.27. The van der Waals surface area contributed by atoms with Crippen LogP contribution in [0.3, 0.4) is 0 Å². The van der Waals surface area contributed by atoms with Gasteiger partial charge < -0.3 is 5.32 Å². The Morgan fingerprint density at radius 3 is 2.50 bits per heavy atom. The maximum absolute atomic E-state index is 11.9. The molecule has 2 N–H and O–H groups in total. The molecule has 0 saturated carbocycles. The average Bonchev–Trinajstić information content (AvgIpc) is 2.36. The summed E-state index contributed by atoms with van der Waals surface area (Å²) < 4.78 is 26.4. The van der Waals surface area contributed by atoms with Gasteiger partial charge in [-0.3, -0.25) is 4.90 Å². The Kier molecular flexibility index (Phi) is 6.40. The van der Waals surface area contributed by atoms with Crippen molar-refractivity contribution in [2.45, 2.75) is 18.6 Å². The van der Waals surface area contributed by atoms with Crippen molar-refractivity contribution in [1.29, 1.82) is 0 Å². The zero-order chi connectivity index (χ0) is 13.6. The Labute approximate surface area is 115 Å². The number of sulfonamides is 1. The molecule has 7 heteroatoms. The van der Waals surface area contributed by atoms with Gasteiger partial charge in [0.1, 0.15) is 0 Å². The van der Waals surface area contributed by atoms with Crippen molar-refractivity contribution in [1.82, 2.24) is 14.9 Å². The quantitative estimate of drug-likeness (QED) is 0.690. The second-order valence-corrected chi connectivity index (χ2v) is 8.64. The van der Waals surface area contributed by atoms with Crippen LogP contribution >= 0.6 is 11.8 Å². The molecule has 108 valence electrons. The van der Waals surface area contributed by atoms with Crippen LogP contribution in [0.25, 0.3) is 0 Å². The number of nitrogens with zero attached hydrogens (tertiary/aromatic N) is 1. The summed E-state index contributed by atoms with van der Waals surface area (Å²) >= 11 is 1.67. The van der Waals surface area contributed by atoms with Gasteiger partial charge >= 0.3 is 0 Å². The van der Waals surface area contributed by atoms with Crippen molar-refractivity contribution >= 4 is 21.8 Å². The summed E-state index contributed by atoms with van der Waals surface area (Å²) in [5.74, 6) is 0.192. The van der Waals surface area contributed by atoms with Crippen LogP contribution in [0, 0.1) is 0 Å². The summed E-state index contributed by atoms with van der Waals surface area (Å²) in [4.78, 5) is 2.19. The van der Waals surface area contributed by atoms with Crippen molar-refractivity contribution in [3.05, 3.63) is 0 Å². The summed E-state index contributed by atoms with van der Waals surface area (Å²) in [5, 5.41) is 3.26. The van der Waals surface area contributed by atoms with Gasteiger partial charge in [-0.25, -0.2) is 13.1 Å². The van der Waals surface area contributed by atoms with Crippen LogP contribution in [0.15, 0.2) is 0 Å². The fraction of sp³-hybridized carbons (Fsp3) is 1.00. The van der Waals surface area contributed by atoms with E-state index in [4.69, 9.17) is 0 Å². The normalized spacial score (nSPS) is 19.1. The molecule has 0 aromatic rings. The molecule has 0 atom stereocenters. The lowest BCUT2D eigenvalue weighted by molar-refractivity contribution is 0.253. The van der Waals surface area contributed by atoms with Crippen LogP contribution in [0.4, 0.5) is 0 Å². The van der Waals surface area contributed by atoms with E-state index in [0.29, 0.717) is 13.1 Å². The fourth-order valence-corrected chi connectivity index (χ4v) is 3.14. The number of thioether (sulfide) groups is 1. The van der Waals surface area contributed by atoms with Crippen LogP contribution in [-0.4, -0.2) is 69.3 Å². The van der Waals surface area contributed by atoms with Crippen molar-refractivity contribution in [3.63, 3.8) is 0 Å². The van der Waals surface area contributed by atoms with Crippen LogP contribution in [-0.2, 0) is 10.0 Å². The first-order valence-corrected chi connectivity index (χ1v) is 9.18. The van der Waals surface area contributed by atoms with Crippen LogP contribution in [0.2, 0.25) is 0 Å². The van der Waals surface area contributed by atoms with Gasteiger partial charge in [-0.15, -0.1) is 0 Å². The van der Waals surface area contributed by atoms with Gasteiger partial charge in [0.05, 0.1) is 5.75 Å². The Morgan fingerprint density at radius 1 is 1.33 bits per heavy atom. The average molecular weight is 295 g/mol. The molecule has 0 radical (unpaired) electrons. The van der Waals surface area contributed by atoms with Gasteiger partial charge in [0.25, 0.3) is 0 Å². The predicted molar refractivity (Wildman–Crippen MR) is 78.7 cm³/mol. The Balaban J connectivity index is 2.30. The molecule has 0 spiro atoms. The molecule has 0 bridgehead atoms. The Bertz CT molecular complexity index is 338. The Hall–Kier alpha value is 0.180. The minimum absolute atomic E-state index is 0.0535. The third kappa shape index (κ3) is 6.38. The topological polar surface area (TPSA) is 61.4 Å². The second-order valence-electron chi connectivity index (χ2n) is 5.20. The van der Waals surface area contributed by atoms with Gasteiger partial charge in [0.15, 0.2) is 0 Å². The van der Waals surface area contributed by atoms with E-state index in [1.807, 2.05) is 20.1 Å². The number of hydrogen-bond donors (Lipinski definition) is 2. The first kappa shape index (κ1) is 16.2. The second kappa shape index (κ2) is 7.09. The van der Waals surface area contributed by atoms with Gasteiger partial charge in [0.2, 0.25) is 10.0 Å². The molecule has 1 rings (SSSR count). The molecular weight excluding hydrogens is 270 g/mol. The monoisotopic (exact) mass is 295 g/mol. The van der Waals surface area contributed by atoms with Gasteiger partial charge in [0, 0.05) is 44.0 Å². The third-order valence-electron chi connectivity index (χ3n) is 3.16. The number of hydrogen-bond acceptors (Lipinski definition) is 5. The number of rotatable bonds is 7. The minimum atomic E-state index is -3.15. The van der Waals surface area contributed by atoms with Gasteiger partial charge in [-0.05, 0) is 20.1 Å². The van der Waals surface area contributed by atoms with E-state index in [-0.39, 0.29) is 10.5 Å². The van der Waals surface area contributed by atoms with Crippen LogP contribution < -0.4 is 10.0 Å². The SMILES string of the molecule is CSC(C)(C)CNS(=O)(=O)CCN1CCNCC1. The maximum Gasteiger partial charge on any atom is 0.212 e. The van der Waals surface area contributed by atoms with Crippen molar-refractivity contribution in [2.75, 3.05) is 51.3 Å². The summed E-state index contributed by atoms with van der Waals surface area (Å²) in [6.07, 6.45) is 2.00. The lowest BCUT2D eigenvalue weighted by atomic mass is 10.2. The molecule has 0 aromatic carbocycles. The lowest BCUT2D eigenvalue weighted by Crippen LogP contribution is -2.46. The van der Waals surface area contributed by atoms with E-state index < -0.39 is 10.0 Å². The molecule has 0 unspecified atom stereocenters. The zero-order valence-corrected chi connectivity index (χ0v) is 13.2. The van der Waals surface area contributed by atoms with E-state index in [1.54, 1.807) is 11.8 Å². The third-order valence-corrected chi connectivity index (χ3v) is 5.71. The smallest absolute Gasteiger partial charge is 0.212 e. The van der Waals surface area contributed by atoms with Crippen molar-refractivity contribution < 1.29 is 8.42 Å². The Morgan fingerprint density at radius 2 is 1.94 bits per heavy atom. The summed E-state index contributed by atoms with van der Waals surface area (Å²) in [7, 11) is -3.15. The van der Waals surface area contributed by atoms with Gasteiger partial charge in [-0.2, -0.15) is 11.8 Å². The van der Waals surface area contributed by atoms with Crippen LogP contribution in [0.1, 0.15) is 13.8 Å². The highest BCUT2D eigenvalue weighted by Crippen LogP contribution is 2.19. The van der Waals surface area contributed by atoms with E-state index in [0.717, 1.165) is 26.2 Å². The van der Waals surface area contributed by atoms with E-state index >= 15 is 0 Å². The molecular formula is C11H25N3O2S2. The minimum Gasteiger partial charge on any atom is -0.314 e. The molecule has 5 nitrogen and oxygen atoms in total. The van der Waals surface area contributed by atoms with Crippen molar-refractivity contribution in [2.24, 2.45) is 0 Å².